The molecule has 1 amide bonds. The standard InChI is InChI=1S/C25H35N3O3/c1-3-21(2)23-7-4-5-8-24(23)31-20-25(29)28(19-22-9-11-26-12-10-22)14-6-13-27-15-17-30-18-16-27/h4-5,7-12,21H,3,6,13-20H2,1-2H3. The Morgan fingerprint density at radius 3 is 2.68 bits per heavy atom. The van der Waals surface area contributed by atoms with E-state index in [1.807, 2.05) is 35.2 Å². The number of morpholine rings is 1. The van der Waals surface area contributed by atoms with Gasteiger partial charge in [-0.05, 0) is 48.1 Å². The van der Waals surface area contributed by atoms with Gasteiger partial charge in [-0.15, -0.1) is 0 Å². The molecule has 2 heterocycles. The molecule has 0 spiro atoms. The average Bonchev–Trinajstić information content (AvgIpc) is 2.83. The highest BCUT2D eigenvalue weighted by atomic mass is 16.5. The fourth-order valence-electron chi connectivity index (χ4n) is 3.78. The molecular weight excluding hydrogens is 390 g/mol. The van der Waals surface area contributed by atoms with Crippen molar-refractivity contribution >= 4 is 5.91 Å². The van der Waals surface area contributed by atoms with Gasteiger partial charge < -0.3 is 14.4 Å². The second-order valence-corrected chi connectivity index (χ2v) is 8.11. The normalized spacial score (nSPS) is 15.4. The number of rotatable bonds is 11. The van der Waals surface area contributed by atoms with Crippen LogP contribution < -0.4 is 4.74 Å². The molecule has 1 aromatic carbocycles. The third kappa shape index (κ3) is 7.33. The van der Waals surface area contributed by atoms with Crippen LogP contribution in [-0.2, 0) is 16.1 Å². The number of carbonyl (C=O) groups excluding carboxylic acids is 1. The lowest BCUT2D eigenvalue weighted by molar-refractivity contribution is -0.134. The lowest BCUT2D eigenvalue weighted by Crippen LogP contribution is -2.40. The van der Waals surface area contributed by atoms with Gasteiger partial charge in [-0.2, -0.15) is 0 Å². The first kappa shape index (κ1) is 23.2. The maximum Gasteiger partial charge on any atom is 0.260 e. The van der Waals surface area contributed by atoms with Crippen LogP contribution in [0.4, 0.5) is 0 Å². The summed E-state index contributed by atoms with van der Waals surface area (Å²) in [6.45, 7) is 10.2. The smallest absolute Gasteiger partial charge is 0.260 e. The number of benzene rings is 1. The number of hydrogen-bond acceptors (Lipinski definition) is 5. The molecule has 1 aliphatic heterocycles. The van der Waals surface area contributed by atoms with E-state index in [2.05, 4.69) is 29.8 Å². The number of ether oxygens (including phenoxy) is 2. The van der Waals surface area contributed by atoms with E-state index in [0.717, 1.165) is 62.6 Å². The van der Waals surface area contributed by atoms with Gasteiger partial charge in [-0.3, -0.25) is 14.7 Å². The van der Waals surface area contributed by atoms with Crippen molar-refractivity contribution in [3.8, 4) is 5.75 Å². The van der Waals surface area contributed by atoms with Crippen molar-refractivity contribution in [3.63, 3.8) is 0 Å². The molecule has 1 atom stereocenters. The molecule has 1 fully saturated rings. The minimum absolute atomic E-state index is 0.0118. The number of aromatic nitrogens is 1. The van der Waals surface area contributed by atoms with Crippen molar-refractivity contribution in [1.29, 1.82) is 0 Å². The van der Waals surface area contributed by atoms with E-state index in [1.54, 1.807) is 12.4 Å². The summed E-state index contributed by atoms with van der Waals surface area (Å²) in [7, 11) is 0. The van der Waals surface area contributed by atoms with E-state index in [0.29, 0.717) is 19.0 Å². The van der Waals surface area contributed by atoms with Crippen molar-refractivity contribution in [3.05, 3.63) is 59.9 Å². The summed E-state index contributed by atoms with van der Waals surface area (Å²) in [4.78, 5) is 21.5. The molecule has 1 aromatic heterocycles. The molecule has 0 aliphatic carbocycles. The summed E-state index contributed by atoms with van der Waals surface area (Å²) < 4.78 is 11.4. The molecular formula is C25H35N3O3. The summed E-state index contributed by atoms with van der Waals surface area (Å²) >= 11 is 0. The monoisotopic (exact) mass is 425 g/mol. The molecule has 3 rings (SSSR count). The van der Waals surface area contributed by atoms with Crippen LogP contribution >= 0.6 is 0 Å². The van der Waals surface area contributed by atoms with E-state index in [1.165, 1.54) is 0 Å². The fourth-order valence-corrected chi connectivity index (χ4v) is 3.78. The number of hydrogen-bond donors (Lipinski definition) is 0. The van der Waals surface area contributed by atoms with Crippen LogP contribution in [-0.4, -0.2) is 66.7 Å². The van der Waals surface area contributed by atoms with Gasteiger partial charge in [0.15, 0.2) is 6.61 Å². The van der Waals surface area contributed by atoms with Crippen molar-refractivity contribution in [2.75, 3.05) is 46.0 Å². The number of carbonyl (C=O) groups is 1. The summed E-state index contributed by atoms with van der Waals surface area (Å²) in [6, 6.07) is 12.0. The fraction of sp³-hybridized carbons (Fsp3) is 0.520. The van der Waals surface area contributed by atoms with Crippen molar-refractivity contribution in [2.24, 2.45) is 0 Å². The Morgan fingerprint density at radius 2 is 1.94 bits per heavy atom. The van der Waals surface area contributed by atoms with Crippen LogP contribution in [0.3, 0.4) is 0 Å². The number of nitrogens with zero attached hydrogens (tertiary/aromatic N) is 3. The zero-order chi connectivity index (χ0) is 21.9. The lowest BCUT2D eigenvalue weighted by atomic mass is 9.98. The molecule has 0 bridgehead atoms. The minimum Gasteiger partial charge on any atom is -0.483 e. The molecule has 31 heavy (non-hydrogen) atoms. The highest BCUT2D eigenvalue weighted by molar-refractivity contribution is 5.77. The van der Waals surface area contributed by atoms with Crippen molar-refractivity contribution < 1.29 is 14.3 Å². The molecule has 2 aromatic rings. The topological polar surface area (TPSA) is 54.9 Å². The van der Waals surface area contributed by atoms with Gasteiger partial charge in [-0.25, -0.2) is 0 Å². The Morgan fingerprint density at radius 1 is 1.19 bits per heavy atom. The maximum absolute atomic E-state index is 13.1. The molecule has 1 aliphatic rings. The van der Waals surface area contributed by atoms with Gasteiger partial charge in [0.1, 0.15) is 5.75 Å². The van der Waals surface area contributed by atoms with Gasteiger partial charge in [0, 0.05) is 45.1 Å². The Balaban J connectivity index is 1.60. The van der Waals surface area contributed by atoms with E-state index < -0.39 is 0 Å². The first-order valence-electron chi connectivity index (χ1n) is 11.4. The zero-order valence-electron chi connectivity index (χ0n) is 18.8. The summed E-state index contributed by atoms with van der Waals surface area (Å²) in [5.41, 5.74) is 2.24. The predicted octanol–water partition coefficient (Wildman–Crippen LogP) is 3.73. The first-order chi connectivity index (χ1) is 15.2. The Labute approximate surface area is 186 Å². The molecule has 1 saturated heterocycles. The molecule has 0 N–H and O–H groups in total. The largest absolute Gasteiger partial charge is 0.483 e. The van der Waals surface area contributed by atoms with E-state index in [4.69, 9.17) is 9.47 Å². The average molecular weight is 426 g/mol. The molecule has 0 saturated carbocycles. The summed E-state index contributed by atoms with van der Waals surface area (Å²) in [5.74, 6) is 1.22. The van der Waals surface area contributed by atoms with E-state index in [9.17, 15) is 4.79 Å². The Hall–Kier alpha value is -2.44. The van der Waals surface area contributed by atoms with Crippen molar-refractivity contribution in [1.82, 2.24) is 14.8 Å². The zero-order valence-corrected chi connectivity index (χ0v) is 18.8. The Kier molecular flexibility index (Phi) is 9.31. The van der Waals surface area contributed by atoms with Crippen LogP contribution in [0.2, 0.25) is 0 Å². The van der Waals surface area contributed by atoms with Gasteiger partial charge in [-0.1, -0.05) is 32.0 Å². The van der Waals surface area contributed by atoms with Crippen LogP contribution in [0, 0.1) is 0 Å². The maximum atomic E-state index is 13.1. The van der Waals surface area contributed by atoms with Gasteiger partial charge in [0.05, 0.1) is 13.2 Å². The second kappa shape index (κ2) is 12.4. The van der Waals surface area contributed by atoms with Gasteiger partial charge in [0.2, 0.25) is 0 Å². The van der Waals surface area contributed by atoms with Gasteiger partial charge >= 0.3 is 0 Å². The third-order valence-corrected chi connectivity index (χ3v) is 5.90. The molecule has 6 nitrogen and oxygen atoms in total. The van der Waals surface area contributed by atoms with Crippen LogP contribution in [0.25, 0.3) is 0 Å². The highest BCUT2D eigenvalue weighted by Crippen LogP contribution is 2.28. The summed E-state index contributed by atoms with van der Waals surface area (Å²) in [5, 5.41) is 0. The van der Waals surface area contributed by atoms with Crippen LogP contribution in [0.5, 0.6) is 5.75 Å². The van der Waals surface area contributed by atoms with Crippen LogP contribution in [0.15, 0.2) is 48.8 Å². The van der Waals surface area contributed by atoms with Crippen LogP contribution in [0.1, 0.15) is 43.7 Å². The molecule has 6 heteroatoms. The van der Waals surface area contributed by atoms with Crippen molar-refractivity contribution in [2.45, 2.75) is 39.2 Å². The lowest BCUT2D eigenvalue weighted by Gasteiger charge is -2.28. The predicted molar refractivity (Wildman–Crippen MR) is 122 cm³/mol. The van der Waals surface area contributed by atoms with E-state index >= 15 is 0 Å². The molecule has 168 valence electrons. The second-order valence-electron chi connectivity index (χ2n) is 8.11. The first-order valence-corrected chi connectivity index (χ1v) is 11.4. The number of pyridine rings is 1. The highest BCUT2D eigenvalue weighted by Gasteiger charge is 2.18. The van der Waals surface area contributed by atoms with Gasteiger partial charge in [0.25, 0.3) is 5.91 Å². The molecule has 0 radical (unpaired) electrons. The molecule has 1 unspecified atom stereocenters. The number of para-hydroxylation sites is 1. The SMILES string of the molecule is CCC(C)c1ccccc1OCC(=O)N(CCCN1CCOCC1)Cc1ccncc1. The Bertz CT molecular complexity index is 794. The summed E-state index contributed by atoms with van der Waals surface area (Å²) in [6.07, 6.45) is 5.50. The third-order valence-electron chi connectivity index (χ3n) is 5.90. The number of amides is 1. The van der Waals surface area contributed by atoms with E-state index in [-0.39, 0.29) is 12.5 Å². The quantitative estimate of drug-likeness (QED) is 0.549. The minimum atomic E-state index is 0.0118.